The summed E-state index contributed by atoms with van der Waals surface area (Å²) in [5.41, 5.74) is 1.46. The summed E-state index contributed by atoms with van der Waals surface area (Å²) in [5, 5.41) is 4.23. The summed E-state index contributed by atoms with van der Waals surface area (Å²) in [6.45, 7) is 1.61. The molecule has 0 aromatic heterocycles. The van der Waals surface area contributed by atoms with Gasteiger partial charge in [-0.05, 0) is 48.4 Å². The summed E-state index contributed by atoms with van der Waals surface area (Å²) in [7, 11) is 0. The van der Waals surface area contributed by atoms with Gasteiger partial charge in [-0.15, -0.1) is 0 Å². The second kappa shape index (κ2) is 6.22. The molecule has 0 radical (unpaired) electrons. The lowest BCUT2D eigenvalue weighted by molar-refractivity contribution is -0.126. The van der Waals surface area contributed by atoms with Crippen LogP contribution in [0.5, 0.6) is 0 Å². The Bertz CT molecular complexity index is 918. The second-order valence-electron chi connectivity index (χ2n) is 7.14. The van der Waals surface area contributed by atoms with Crippen molar-refractivity contribution in [2.24, 2.45) is 5.92 Å². The molecule has 5 rings (SSSR count). The van der Waals surface area contributed by atoms with Crippen LogP contribution in [0.4, 0.5) is 10.1 Å². The van der Waals surface area contributed by atoms with E-state index in [0.717, 1.165) is 29.5 Å². The van der Waals surface area contributed by atoms with Crippen molar-refractivity contribution < 1.29 is 14.0 Å². The van der Waals surface area contributed by atoms with Crippen LogP contribution in [0.2, 0.25) is 0 Å². The number of amides is 2. The molecule has 27 heavy (non-hydrogen) atoms. The van der Waals surface area contributed by atoms with Crippen molar-refractivity contribution in [3.05, 3.63) is 64.4 Å². The van der Waals surface area contributed by atoms with Crippen LogP contribution in [-0.4, -0.2) is 41.0 Å². The molecule has 2 amide bonds. The zero-order valence-electron chi connectivity index (χ0n) is 14.4. The van der Waals surface area contributed by atoms with Gasteiger partial charge in [-0.2, -0.15) is 0 Å². The lowest BCUT2D eigenvalue weighted by Crippen LogP contribution is -2.44. The zero-order valence-corrected chi connectivity index (χ0v) is 16.0. The highest BCUT2D eigenvalue weighted by molar-refractivity contribution is 9.10. The van der Waals surface area contributed by atoms with Gasteiger partial charge in [0.15, 0.2) is 0 Å². The standard InChI is InChI=1S/C20H17BrFN3O2/c21-13-4-2-12(3-5-13)17-16-18(24-11-1-10-23(17)24)20(27)25(19(16)26)15-8-6-14(22)7-9-15/h2-9,16-18H,1,10-11H2. The maximum absolute atomic E-state index is 13.3. The maximum Gasteiger partial charge on any atom is 0.253 e. The van der Waals surface area contributed by atoms with E-state index in [0.29, 0.717) is 5.69 Å². The summed E-state index contributed by atoms with van der Waals surface area (Å²) in [6, 6.07) is 12.8. The molecule has 3 aliphatic heterocycles. The molecular formula is C20H17BrFN3O2. The van der Waals surface area contributed by atoms with E-state index in [1.165, 1.54) is 29.2 Å². The quantitative estimate of drug-likeness (QED) is 0.687. The third-order valence-corrected chi connectivity index (χ3v) is 6.23. The van der Waals surface area contributed by atoms with Crippen molar-refractivity contribution >= 4 is 33.4 Å². The molecule has 7 heteroatoms. The summed E-state index contributed by atoms with van der Waals surface area (Å²) in [5.74, 6) is -1.28. The number of hydrogen-bond donors (Lipinski definition) is 0. The molecule has 0 spiro atoms. The monoisotopic (exact) mass is 429 g/mol. The van der Waals surface area contributed by atoms with E-state index in [9.17, 15) is 14.0 Å². The first kappa shape index (κ1) is 17.0. The van der Waals surface area contributed by atoms with E-state index in [-0.39, 0.29) is 17.9 Å². The van der Waals surface area contributed by atoms with E-state index in [1.54, 1.807) is 0 Å². The highest BCUT2D eigenvalue weighted by atomic mass is 79.9. The highest BCUT2D eigenvalue weighted by Crippen LogP contribution is 2.48. The number of hydrazine groups is 1. The van der Waals surface area contributed by atoms with Crippen molar-refractivity contribution in [1.82, 2.24) is 10.0 Å². The lowest BCUT2D eigenvalue weighted by Gasteiger charge is -2.29. The van der Waals surface area contributed by atoms with E-state index < -0.39 is 17.8 Å². The molecule has 0 bridgehead atoms. The molecule has 3 aliphatic rings. The Balaban J connectivity index is 1.57. The molecule has 3 atom stereocenters. The van der Waals surface area contributed by atoms with Gasteiger partial charge >= 0.3 is 0 Å². The van der Waals surface area contributed by atoms with Crippen LogP contribution in [0.25, 0.3) is 0 Å². The first-order valence-electron chi connectivity index (χ1n) is 8.98. The van der Waals surface area contributed by atoms with Crippen LogP contribution < -0.4 is 4.90 Å². The molecule has 3 saturated heterocycles. The van der Waals surface area contributed by atoms with E-state index in [1.807, 2.05) is 24.3 Å². The Hall–Kier alpha value is -2.09. The van der Waals surface area contributed by atoms with E-state index >= 15 is 0 Å². The highest BCUT2D eigenvalue weighted by Gasteiger charge is 2.62. The van der Waals surface area contributed by atoms with Gasteiger partial charge in [0.2, 0.25) is 5.91 Å². The van der Waals surface area contributed by atoms with Crippen LogP contribution in [0, 0.1) is 11.7 Å². The minimum Gasteiger partial charge on any atom is -0.274 e. The fraction of sp³-hybridized carbons (Fsp3) is 0.300. The smallest absolute Gasteiger partial charge is 0.253 e. The van der Waals surface area contributed by atoms with Gasteiger partial charge in [0, 0.05) is 17.6 Å². The van der Waals surface area contributed by atoms with Crippen molar-refractivity contribution in [1.29, 1.82) is 0 Å². The molecule has 0 saturated carbocycles. The van der Waals surface area contributed by atoms with Crippen LogP contribution >= 0.6 is 15.9 Å². The van der Waals surface area contributed by atoms with Crippen molar-refractivity contribution in [2.45, 2.75) is 18.5 Å². The van der Waals surface area contributed by atoms with Crippen molar-refractivity contribution in [2.75, 3.05) is 18.0 Å². The predicted octanol–water partition coefficient (Wildman–Crippen LogP) is 3.12. The largest absolute Gasteiger partial charge is 0.274 e. The van der Waals surface area contributed by atoms with Gasteiger partial charge < -0.3 is 0 Å². The van der Waals surface area contributed by atoms with Crippen molar-refractivity contribution in [3.63, 3.8) is 0 Å². The maximum atomic E-state index is 13.3. The third kappa shape index (κ3) is 2.49. The van der Waals surface area contributed by atoms with Gasteiger partial charge in [-0.25, -0.2) is 19.3 Å². The summed E-state index contributed by atoms with van der Waals surface area (Å²) < 4.78 is 14.3. The topological polar surface area (TPSA) is 43.9 Å². The zero-order chi connectivity index (χ0) is 18.7. The van der Waals surface area contributed by atoms with Crippen molar-refractivity contribution in [3.8, 4) is 0 Å². The number of carbonyl (C=O) groups excluding carboxylic acids is 2. The number of imide groups is 1. The summed E-state index contributed by atoms with van der Waals surface area (Å²) >= 11 is 3.45. The number of benzene rings is 2. The van der Waals surface area contributed by atoms with Gasteiger partial charge in [0.05, 0.1) is 17.6 Å². The molecule has 3 unspecified atom stereocenters. The number of halogens is 2. The number of rotatable bonds is 2. The Morgan fingerprint density at radius 1 is 0.852 bits per heavy atom. The molecule has 0 N–H and O–H groups in total. The third-order valence-electron chi connectivity index (χ3n) is 5.70. The minimum absolute atomic E-state index is 0.160. The Morgan fingerprint density at radius 3 is 2.15 bits per heavy atom. The lowest BCUT2D eigenvalue weighted by atomic mass is 9.90. The predicted molar refractivity (Wildman–Crippen MR) is 101 cm³/mol. The van der Waals surface area contributed by atoms with E-state index in [4.69, 9.17) is 0 Å². The molecule has 0 aliphatic carbocycles. The average molecular weight is 430 g/mol. The average Bonchev–Trinajstić information content (AvgIpc) is 3.30. The molecule has 138 valence electrons. The first-order valence-corrected chi connectivity index (χ1v) is 9.77. The van der Waals surface area contributed by atoms with Gasteiger partial charge in [-0.3, -0.25) is 9.59 Å². The fourth-order valence-corrected chi connectivity index (χ4v) is 4.88. The molecule has 3 fully saturated rings. The Kier molecular flexibility index (Phi) is 3.93. The minimum atomic E-state index is -0.487. The SMILES string of the molecule is O=C1C2C(C(=O)N1c1ccc(F)cc1)N1CCCN1C2c1ccc(Br)cc1. The first-order chi connectivity index (χ1) is 13.1. The molecule has 2 aromatic rings. The molecule has 5 nitrogen and oxygen atoms in total. The summed E-state index contributed by atoms with van der Waals surface area (Å²) in [6.07, 6.45) is 0.967. The van der Waals surface area contributed by atoms with Gasteiger partial charge in [-0.1, -0.05) is 28.1 Å². The number of fused-ring (bicyclic) bond motifs is 3. The van der Waals surface area contributed by atoms with Crippen LogP contribution in [-0.2, 0) is 9.59 Å². The Labute approximate surface area is 164 Å². The molecule has 2 aromatic carbocycles. The van der Waals surface area contributed by atoms with Gasteiger partial charge in [0.1, 0.15) is 11.9 Å². The Morgan fingerprint density at radius 2 is 1.48 bits per heavy atom. The fourth-order valence-electron chi connectivity index (χ4n) is 4.62. The normalized spacial score (nSPS) is 28.1. The van der Waals surface area contributed by atoms with Crippen LogP contribution in [0.3, 0.4) is 0 Å². The second-order valence-corrected chi connectivity index (χ2v) is 8.05. The van der Waals surface area contributed by atoms with Gasteiger partial charge in [0.25, 0.3) is 5.91 Å². The van der Waals surface area contributed by atoms with Crippen LogP contribution in [0.1, 0.15) is 18.0 Å². The van der Waals surface area contributed by atoms with Crippen LogP contribution in [0.15, 0.2) is 53.0 Å². The number of carbonyl (C=O) groups is 2. The number of anilines is 1. The summed E-state index contributed by atoms with van der Waals surface area (Å²) in [4.78, 5) is 27.7. The molecular weight excluding hydrogens is 413 g/mol. The molecule has 3 heterocycles. The van der Waals surface area contributed by atoms with E-state index in [2.05, 4.69) is 25.9 Å². The number of hydrogen-bond acceptors (Lipinski definition) is 4. The number of nitrogens with zero attached hydrogens (tertiary/aromatic N) is 3.